The predicted octanol–water partition coefficient (Wildman–Crippen LogP) is 1.09. The van der Waals surface area contributed by atoms with Gasteiger partial charge < -0.3 is 10.1 Å². The van der Waals surface area contributed by atoms with Gasteiger partial charge in [0, 0.05) is 17.3 Å². The van der Waals surface area contributed by atoms with Gasteiger partial charge in [-0.3, -0.25) is 4.79 Å². The number of hydrogen-bond donors (Lipinski definition) is 1. The predicted molar refractivity (Wildman–Crippen MR) is 60.2 cm³/mol. The standard InChI is InChI=1S/C11H15NO2S/c1-12-10-7-14-6-9(10)11(13)5-8-3-2-4-15-8/h2-4,9-10,12H,5-7H2,1H3. The van der Waals surface area contributed by atoms with Crippen LogP contribution in [0, 0.1) is 5.92 Å². The van der Waals surface area contributed by atoms with Gasteiger partial charge in [0.15, 0.2) is 0 Å². The van der Waals surface area contributed by atoms with Gasteiger partial charge in [0.2, 0.25) is 0 Å². The summed E-state index contributed by atoms with van der Waals surface area (Å²) in [6.07, 6.45) is 0.546. The molecule has 0 spiro atoms. The second-order valence-corrected chi connectivity index (χ2v) is 4.79. The van der Waals surface area contributed by atoms with Crippen LogP contribution < -0.4 is 5.32 Å². The van der Waals surface area contributed by atoms with Crippen LogP contribution in [0.4, 0.5) is 0 Å². The minimum Gasteiger partial charge on any atom is -0.379 e. The van der Waals surface area contributed by atoms with Crippen molar-refractivity contribution in [3.05, 3.63) is 22.4 Å². The van der Waals surface area contributed by atoms with Crippen LogP contribution in [0.1, 0.15) is 4.88 Å². The molecule has 15 heavy (non-hydrogen) atoms. The summed E-state index contributed by atoms with van der Waals surface area (Å²) in [5.74, 6) is 0.311. The first-order chi connectivity index (χ1) is 7.31. The maximum Gasteiger partial charge on any atom is 0.145 e. The van der Waals surface area contributed by atoms with Crippen LogP contribution in [0.25, 0.3) is 0 Å². The van der Waals surface area contributed by atoms with Gasteiger partial charge in [-0.25, -0.2) is 0 Å². The Kier molecular flexibility index (Phi) is 3.51. The summed E-state index contributed by atoms with van der Waals surface area (Å²) in [5.41, 5.74) is 0. The molecule has 2 heterocycles. The zero-order chi connectivity index (χ0) is 10.7. The molecule has 1 aromatic rings. The van der Waals surface area contributed by atoms with E-state index in [1.54, 1.807) is 11.3 Å². The highest BCUT2D eigenvalue weighted by Gasteiger charge is 2.32. The third-order valence-electron chi connectivity index (χ3n) is 2.79. The van der Waals surface area contributed by atoms with Crippen molar-refractivity contribution in [2.45, 2.75) is 12.5 Å². The summed E-state index contributed by atoms with van der Waals surface area (Å²) in [6, 6.07) is 4.18. The van der Waals surface area contributed by atoms with Crippen LogP contribution in [0.15, 0.2) is 17.5 Å². The normalized spacial score (nSPS) is 25.7. The monoisotopic (exact) mass is 225 g/mol. The molecule has 1 aliphatic heterocycles. The zero-order valence-electron chi connectivity index (χ0n) is 8.73. The molecule has 2 rings (SSSR count). The van der Waals surface area contributed by atoms with Gasteiger partial charge in [-0.15, -0.1) is 11.3 Å². The smallest absolute Gasteiger partial charge is 0.145 e. The average Bonchev–Trinajstić information content (AvgIpc) is 2.86. The number of ketones is 1. The van der Waals surface area contributed by atoms with Crippen LogP contribution in [0.3, 0.4) is 0 Å². The summed E-state index contributed by atoms with van der Waals surface area (Å²) in [7, 11) is 1.88. The summed E-state index contributed by atoms with van der Waals surface area (Å²) in [4.78, 5) is 13.1. The average molecular weight is 225 g/mol. The number of rotatable bonds is 4. The Bertz CT molecular complexity index is 323. The third kappa shape index (κ3) is 2.45. The van der Waals surface area contributed by atoms with Gasteiger partial charge in [0.05, 0.1) is 19.1 Å². The number of likely N-dealkylation sites (N-methyl/N-ethyl adjacent to an activating group) is 1. The first kappa shape index (κ1) is 10.8. The molecule has 0 aliphatic carbocycles. The lowest BCUT2D eigenvalue weighted by atomic mass is 9.96. The van der Waals surface area contributed by atoms with E-state index in [0.29, 0.717) is 19.6 Å². The molecule has 2 unspecified atom stereocenters. The molecule has 1 N–H and O–H groups in total. The molecule has 1 aliphatic rings. The Hall–Kier alpha value is -0.710. The fourth-order valence-electron chi connectivity index (χ4n) is 1.87. The Labute approximate surface area is 93.4 Å². The van der Waals surface area contributed by atoms with E-state index in [0.717, 1.165) is 4.88 Å². The highest BCUT2D eigenvalue weighted by Crippen LogP contribution is 2.18. The molecule has 1 aromatic heterocycles. The van der Waals surface area contributed by atoms with Crippen LogP contribution in [0.5, 0.6) is 0 Å². The maximum atomic E-state index is 12.0. The van der Waals surface area contributed by atoms with E-state index >= 15 is 0 Å². The number of carbonyl (C=O) groups excluding carboxylic acids is 1. The molecule has 0 radical (unpaired) electrons. The van der Waals surface area contributed by atoms with Crippen molar-refractivity contribution in [1.82, 2.24) is 5.32 Å². The number of thiophene rings is 1. The van der Waals surface area contributed by atoms with Crippen molar-refractivity contribution in [3.8, 4) is 0 Å². The Morgan fingerprint density at radius 2 is 2.53 bits per heavy atom. The number of Topliss-reactive ketones (excluding diaryl/α,β-unsaturated/α-hetero) is 1. The van der Waals surface area contributed by atoms with Gasteiger partial charge in [-0.2, -0.15) is 0 Å². The summed E-state index contributed by atoms with van der Waals surface area (Å²) in [6.45, 7) is 1.22. The van der Waals surface area contributed by atoms with E-state index < -0.39 is 0 Å². The van der Waals surface area contributed by atoms with Crippen LogP contribution in [-0.4, -0.2) is 32.1 Å². The summed E-state index contributed by atoms with van der Waals surface area (Å²) in [5, 5.41) is 5.14. The lowest BCUT2D eigenvalue weighted by molar-refractivity contribution is -0.122. The van der Waals surface area contributed by atoms with Gasteiger partial charge in [0.1, 0.15) is 5.78 Å². The van der Waals surface area contributed by atoms with Gasteiger partial charge >= 0.3 is 0 Å². The van der Waals surface area contributed by atoms with Gasteiger partial charge in [-0.05, 0) is 18.5 Å². The molecule has 2 atom stereocenters. The maximum absolute atomic E-state index is 12.0. The van der Waals surface area contributed by atoms with E-state index in [9.17, 15) is 4.79 Å². The number of nitrogens with one attached hydrogen (secondary N) is 1. The van der Waals surface area contributed by atoms with Crippen molar-refractivity contribution in [2.24, 2.45) is 5.92 Å². The summed E-state index contributed by atoms with van der Waals surface area (Å²) >= 11 is 1.64. The minimum absolute atomic E-state index is 0.0251. The van der Waals surface area contributed by atoms with Crippen molar-refractivity contribution in [2.75, 3.05) is 20.3 Å². The second-order valence-electron chi connectivity index (χ2n) is 3.76. The topological polar surface area (TPSA) is 38.3 Å². The lowest BCUT2D eigenvalue weighted by Gasteiger charge is -2.14. The first-order valence-electron chi connectivity index (χ1n) is 5.11. The lowest BCUT2D eigenvalue weighted by Crippen LogP contribution is -2.37. The molecule has 0 aromatic carbocycles. The van der Waals surface area contributed by atoms with Crippen LogP contribution >= 0.6 is 11.3 Å². The fourth-order valence-corrected chi connectivity index (χ4v) is 2.59. The van der Waals surface area contributed by atoms with Crippen LogP contribution in [0.2, 0.25) is 0 Å². The quantitative estimate of drug-likeness (QED) is 0.833. The van der Waals surface area contributed by atoms with E-state index in [1.165, 1.54) is 0 Å². The minimum atomic E-state index is 0.0251. The fraction of sp³-hybridized carbons (Fsp3) is 0.545. The zero-order valence-corrected chi connectivity index (χ0v) is 9.55. The number of ether oxygens (including phenoxy) is 1. The third-order valence-corrected chi connectivity index (χ3v) is 3.67. The largest absolute Gasteiger partial charge is 0.379 e. The first-order valence-corrected chi connectivity index (χ1v) is 5.99. The van der Waals surface area contributed by atoms with Gasteiger partial charge in [-0.1, -0.05) is 6.07 Å². The molecule has 3 nitrogen and oxygen atoms in total. The van der Waals surface area contributed by atoms with Gasteiger partial charge in [0.25, 0.3) is 0 Å². The molecule has 0 bridgehead atoms. The van der Waals surface area contributed by atoms with Crippen molar-refractivity contribution in [3.63, 3.8) is 0 Å². The molecule has 0 amide bonds. The molecule has 0 saturated carbocycles. The van der Waals surface area contributed by atoms with E-state index in [1.807, 2.05) is 24.6 Å². The van der Waals surface area contributed by atoms with Crippen molar-refractivity contribution < 1.29 is 9.53 Å². The highest BCUT2D eigenvalue weighted by atomic mass is 32.1. The molecule has 1 saturated heterocycles. The SMILES string of the molecule is CNC1COCC1C(=O)Cc1cccs1. The van der Waals surface area contributed by atoms with E-state index in [4.69, 9.17) is 4.74 Å². The highest BCUT2D eigenvalue weighted by molar-refractivity contribution is 7.10. The number of carbonyl (C=O) groups is 1. The molecular formula is C11H15NO2S. The Morgan fingerprint density at radius 1 is 1.67 bits per heavy atom. The Balaban J connectivity index is 1.96. The second kappa shape index (κ2) is 4.88. The molecular weight excluding hydrogens is 210 g/mol. The molecule has 1 fully saturated rings. The van der Waals surface area contributed by atoms with Crippen molar-refractivity contribution in [1.29, 1.82) is 0 Å². The summed E-state index contributed by atoms with van der Waals surface area (Å²) < 4.78 is 5.32. The van der Waals surface area contributed by atoms with E-state index in [-0.39, 0.29) is 17.7 Å². The van der Waals surface area contributed by atoms with E-state index in [2.05, 4.69) is 5.32 Å². The molecule has 4 heteroatoms. The number of hydrogen-bond acceptors (Lipinski definition) is 4. The van der Waals surface area contributed by atoms with Crippen LogP contribution in [-0.2, 0) is 16.0 Å². The molecule has 82 valence electrons. The Morgan fingerprint density at radius 3 is 3.20 bits per heavy atom. The van der Waals surface area contributed by atoms with Crippen molar-refractivity contribution >= 4 is 17.1 Å².